The van der Waals surface area contributed by atoms with Crippen molar-refractivity contribution in [3.8, 4) is 0 Å². The average molecular weight is 489 g/mol. The Hall–Kier alpha value is -2.33. The van der Waals surface area contributed by atoms with E-state index in [0.29, 0.717) is 11.3 Å². The number of primary amides is 1. The Kier molecular flexibility index (Phi) is 11.0. The van der Waals surface area contributed by atoms with E-state index in [1.54, 1.807) is 24.4 Å². The van der Waals surface area contributed by atoms with Gasteiger partial charge in [0.2, 0.25) is 5.91 Å². The van der Waals surface area contributed by atoms with Crippen LogP contribution in [0.4, 0.5) is 5.69 Å². The maximum Gasteiger partial charge on any atom is 0.270 e. The molecule has 0 atom stereocenters. The van der Waals surface area contributed by atoms with E-state index in [4.69, 9.17) is 10.9 Å². The van der Waals surface area contributed by atoms with Gasteiger partial charge < -0.3 is 50.2 Å². The van der Waals surface area contributed by atoms with Gasteiger partial charge in [-0.05, 0) is 6.07 Å². The van der Waals surface area contributed by atoms with Gasteiger partial charge in [-0.3, -0.25) is 9.59 Å². The van der Waals surface area contributed by atoms with Gasteiger partial charge in [0.25, 0.3) is 5.91 Å². The van der Waals surface area contributed by atoms with Gasteiger partial charge in [-0.25, -0.2) is 9.13 Å². The monoisotopic (exact) mass is 487 g/mol. The molecule has 2 rings (SSSR count). The number of hydrogen-bond acceptors (Lipinski definition) is 4. The lowest BCUT2D eigenvalue weighted by atomic mass is 10.2. The van der Waals surface area contributed by atoms with E-state index in [1.165, 1.54) is 0 Å². The average Bonchev–Trinajstić information content (AvgIpc) is 2.56. The molecule has 2 amide bonds. The lowest BCUT2D eigenvalue weighted by Crippen LogP contribution is -3.00. The minimum absolute atomic E-state index is 0. The summed E-state index contributed by atoms with van der Waals surface area (Å²) in [5, 5.41) is 13.6. The summed E-state index contributed by atoms with van der Waals surface area (Å²) >= 11 is 0. The topological polar surface area (TPSA) is 113 Å². The lowest BCUT2D eigenvalue weighted by molar-refractivity contribution is -0.726. The summed E-state index contributed by atoms with van der Waals surface area (Å²) in [6, 6.07) is 6.94. The molecule has 4 N–H and O–H groups in total. The molecule has 0 fully saturated rings. The van der Waals surface area contributed by atoms with Gasteiger partial charge in [0.1, 0.15) is 11.9 Å². The molecule has 0 saturated heterocycles. The van der Waals surface area contributed by atoms with Crippen molar-refractivity contribution in [2.75, 3.05) is 5.32 Å². The highest BCUT2D eigenvalue weighted by molar-refractivity contribution is 6.31. The molecule has 0 bridgehead atoms. The Balaban J connectivity index is 0.00000312. The van der Waals surface area contributed by atoms with Gasteiger partial charge in [0.05, 0.1) is 12.0 Å². The van der Waals surface area contributed by atoms with Crippen molar-refractivity contribution in [3.05, 3.63) is 54.6 Å². The van der Waals surface area contributed by atoms with Crippen molar-refractivity contribution in [2.45, 2.75) is 19.5 Å². The molecule has 8 nitrogen and oxygen atoms in total. The van der Waals surface area contributed by atoms with Gasteiger partial charge in [-0.15, -0.1) is 0 Å². The fourth-order valence-electron chi connectivity index (χ4n) is 2.17. The van der Waals surface area contributed by atoms with Crippen molar-refractivity contribution in [1.82, 2.24) is 0 Å². The van der Waals surface area contributed by atoms with E-state index in [0.717, 1.165) is 25.7 Å². The smallest absolute Gasteiger partial charge is 0.270 e. The molecular weight excluding hydrogens is 470 g/mol. The number of aromatic nitrogens is 2. The summed E-state index contributed by atoms with van der Waals surface area (Å²) in [5.74, 6) is -0.942. The maximum atomic E-state index is 11.3. The molecular formula is C16H19Br2N5O3. The van der Waals surface area contributed by atoms with Crippen LogP contribution in [0.3, 0.4) is 0 Å². The van der Waals surface area contributed by atoms with Gasteiger partial charge >= 0.3 is 0 Å². The van der Waals surface area contributed by atoms with Crippen LogP contribution in [-0.4, -0.2) is 23.2 Å². The second-order valence-corrected chi connectivity index (χ2v) is 5.11. The number of nitrogens with one attached hydrogen (secondary N) is 1. The minimum atomic E-state index is -0.500. The van der Waals surface area contributed by atoms with Crippen molar-refractivity contribution in [3.63, 3.8) is 0 Å². The van der Waals surface area contributed by atoms with Crippen LogP contribution < -0.4 is 54.1 Å². The molecule has 0 unspecified atom stereocenters. The lowest BCUT2D eigenvalue weighted by Gasteiger charge is -2.01. The van der Waals surface area contributed by atoms with E-state index >= 15 is 0 Å². The Morgan fingerprint density at radius 2 is 1.77 bits per heavy atom. The molecule has 10 heteroatoms. The van der Waals surface area contributed by atoms with Crippen LogP contribution in [0.2, 0.25) is 0 Å². The number of amides is 2. The molecule has 0 aliphatic heterocycles. The summed E-state index contributed by atoms with van der Waals surface area (Å²) < 4.78 is 3.92. The van der Waals surface area contributed by atoms with Crippen LogP contribution in [0, 0.1) is 0 Å². The third-order valence-electron chi connectivity index (χ3n) is 3.31. The molecule has 2 heterocycles. The number of pyridine rings is 2. The number of carbonyl (C=O) groups is 2. The van der Waals surface area contributed by atoms with Crippen LogP contribution in [0.15, 0.2) is 54.2 Å². The standard InChI is InChI=1S/C16H17N5O3.2BrH/c17-16(23)13-4-9-20(10-5-13)7-2-8-21-6-1-3-14(12-21)19-15(22)11-18-24;;/h1,3-6,9-12H,2,7-8H2,(H2-2,17,19,22,23,24);2*1H. The van der Waals surface area contributed by atoms with Crippen LogP contribution in [0.25, 0.3) is 0 Å². The van der Waals surface area contributed by atoms with E-state index in [-0.39, 0.29) is 34.0 Å². The van der Waals surface area contributed by atoms with Gasteiger partial charge in [0.15, 0.2) is 37.9 Å². The highest BCUT2D eigenvalue weighted by Gasteiger charge is 2.08. The number of rotatable bonds is 7. The largest absolute Gasteiger partial charge is 1.00 e. The summed E-state index contributed by atoms with van der Waals surface area (Å²) in [5.41, 5.74) is 6.30. The minimum Gasteiger partial charge on any atom is -1.00 e. The maximum absolute atomic E-state index is 11.3. The van der Waals surface area contributed by atoms with Crippen LogP contribution >= 0.6 is 0 Å². The third-order valence-corrected chi connectivity index (χ3v) is 3.31. The highest BCUT2D eigenvalue weighted by Crippen LogP contribution is 2.01. The molecule has 2 aromatic rings. The zero-order valence-corrected chi connectivity index (χ0v) is 16.9. The van der Waals surface area contributed by atoms with E-state index in [9.17, 15) is 9.59 Å². The third kappa shape index (κ3) is 7.70. The molecule has 140 valence electrons. The van der Waals surface area contributed by atoms with Gasteiger partial charge in [-0.1, -0.05) is 5.16 Å². The number of anilines is 1. The van der Waals surface area contributed by atoms with E-state index < -0.39 is 11.8 Å². The number of hydrogen-bond donors (Lipinski definition) is 3. The Labute approximate surface area is 171 Å². The number of carbonyl (C=O) groups excluding carboxylic acids is 2. The van der Waals surface area contributed by atoms with Crippen molar-refractivity contribution < 1.29 is 57.9 Å². The van der Waals surface area contributed by atoms with Crippen molar-refractivity contribution >= 4 is 23.7 Å². The number of halogens is 2. The highest BCUT2D eigenvalue weighted by atomic mass is 79.9. The molecule has 26 heavy (non-hydrogen) atoms. The predicted molar refractivity (Wildman–Crippen MR) is 85.3 cm³/mol. The number of oxime groups is 1. The normalized spacial score (nSPS) is 9.85. The van der Waals surface area contributed by atoms with Gasteiger partial charge in [-0.2, -0.15) is 0 Å². The molecule has 0 aliphatic rings. The van der Waals surface area contributed by atoms with Crippen molar-refractivity contribution in [1.29, 1.82) is 0 Å². The zero-order chi connectivity index (χ0) is 17.4. The molecule has 0 spiro atoms. The zero-order valence-electron chi connectivity index (χ0n) is 13.8. The summed E-state index contributed by atoms with van der Waals surface area (Å²) in [6.45, 7) is 1.53. The summed E-state index contributed by atoms with van der Waals surface area (Å²) in [7, 11) is 0. The Morgan fingerprint density at radius 1 is 1.12 bits per heavy atom. The molecule has 0 aromatic carbocycles. The number of nitrogens with zero attached hydrogens (tertiary/aromatic N) is 3. The summed E-state index contributed by atoms with van der Waals surface area (Å²) in [6.07, 6.45) is 8.98. The Bertz CT molecular complexity index is 754. The fraction of sp³-hybridized carbons (Fsp3) is 0.188. The fourth-order valence-corrected chi connectivity index (χ4v) is 2.17. The predicted octanol–water partition coefficient (Wildman–Crippen LogP) is -6.14. The first-order chi connectivity index (χ1) is 11.6. The molecule has 2 aromatic heterocycles. The number of aryl methyl sites for hydroxylation is 2. The first kappa shape index (κ1) is 23.7. The van der Waals surface area contributed by atoms with Crippen LogP contribution in [0.5, 0.6) is 0 Å². The molecule has 0 radical (unpaired) electrons. The van der Waals surface area contributed by atoms with Crippen LogP contribution in [0.1, 0.15) is 16.8 Å². The summed E-state index contributed by atoms with van der Waals surface area (Å²) in [4.78, 5) is 22.4. The second-order valence-electron chi connectivity index (χ2n) is 5.11. The second kappa shape index (κ2) is 12.1. The van der Waals surface area contributed by atoms with Gasteiger partial charge in [0, 0.05) is 18.2 Å². The van der Waals surface area contributed by atoms with Crippen molar-refractivity contribution in [2.24, 2.45) is 10.9 Å². The first-order valence-corrected chi connectivity index (χ1v) is 7.35. The number of nitrogens with two attached hydrogens (primary N) is 1. The first-order valence-electron chi connectivity index (χ1n) is 7.35. The van der Waals surface area contributed by atoms with E-state index in [1.807, 2.05) is 33.8 Å². The Morgan fingerprint density at radius 3 is 2.38 bits per heavy atom. The van der Waals surface area contributed by atoms with E-state index in [2.05, 4.69) is 10.5 Å². The SMILES string of the molecule is NC(=O)c1cc[n+](CCC[n+]2cccc(NC(=O)/C=N\O)c2)cc1.[Br-].[Br-]. The van der Waals surface area contributed by atoms with Crippen LogP contribution in [-0.2, 0) is 17.9 Å². The molecule has 0 saturated carbocycles. The quantitative estimate of drug-likeness (QED) is 0.156. The molecule has 0 aliphatic carbocycles.